The van der Waals surface area contributed by atoms with Crippen molar-refractivity contribution in [3.05, 3.63) is 53.9 Å². The van der Waals surface area contributed by atoms with Gasteiger partial charge in [0.15, 0.2) is 23.1 Å². The summed E-state index contributed by atoms with van der Waals surface area (Å²) in [4.78, 5) is 4.55. The Balaban J connectivity index is 1.91. The molecular weight excluding hydrogens is 330 g/mol. The van der Waals surface area contributed by atoms with Gasteiger partial charge in [0.1, 0.15) is 5.75 Å². The lowest BCUT2D eigenvalue weighted by Gasteiger charge is -2.07. The van der Waals surface area contributed by atoms with Crippen molar-refractivity contribution in [1.82, 2.24) is 14.8 Å². The Labute approximate surface area is 152 Å². The number of hydrogen-bond donors (Lipinski definition) is 1. The summed E-state index contributed by atoms with van der Waals surface area (Å²) in [5, 5.41) is 14.6. The van der Waals surface area contributed by atoms with Crippen LogP contribution in [0.25, 0.3) is 23.5 Å². The lowest BCUT2D eigenvalue weighted by molar-refractivity contribution is 0.355. The van der Waals surface area contributed by atoms with E-state index in [0.29, 0.717) is 35.3 Å². The number of ether oxygens (including phenoxy) is 2. The highest BCUT2D eigenvalue weighted by Gasteiger charge is 2.12. The van der Waals surface area contributed by atoms with Crippen LogP contribution in [0.4, 0.5) is 0 Å². The summed E-state index contributed by atoms with van der Waals surface area (Å²) in [5.41, 5.74) is 1.60. The topological polar surface area (TPSA) is 69.4 Å². The molecule has 0 spiro atoms. The fourth-order valence-corrected chi connectivity index (χ4v) is 2.64. The molecule has 1 N–H and O–H groups in total. The number of aromatic nitrogens is 3. The van der Waals surface area contributed by atoms with Crippen LogP contribution in [0.5, 0.6) is 17.2 Å². The van der Waals surface area contributed by atoms with E-state index < -0.39 is 0 Å². The number of benzene rings is 2. The van der Waals surface area contributed by atoms with E-state index in [0.717, 1.165) is 5.56 Å². The molecule has 26 heavy (non-hydrogen) atoms. The molecule has 3 aromatic rings. The van der Waals surface area contributed by atoms with Gasteiger partial charge in [-0.15, -0.1) is 0 Å². The Morgan fingerprint density at radius 1 is 1.04 bits per heavy atom. The first-order chi connectivity index (χ1) is 12.7. The zero-order chi connectivity index (χ0) is 18.5. The minimum absolute atomic E-state index is 0.185. The van der Waals surface area contributed by atoms with Gasteiger partial charge in [-0.25, -0.2) is 9.67 Å². The van der Waals surface area contributed by atoms with Gasteiger partial charge in [0, 0.05) is 6.54 Å². The smallest absolute Gasteiger partial charge is 0.174 e. The largest absolute Gasteiger partial charge is 0.507 e. The number of rotatable bonds is 6. The van der Waals surface area contributed by atoms with Crippen LogP contribution in [0, 0.1) is 0 Å². The van der Waals surface area contributed by atoms with Crippen molar-refractivity contribution in [3.8, 4) is 28.6 Å². The molecule has 0 aliphatic heterocycles. The molecule has 1 heterocycles. The highest BCUT2D eigenvalue weighted by atomic mass is 16.5. The molecule has 0 bridgehead atoms. The van der Waals surface area contributed by atoms with Gasteiger partial charge in [-0.2, -0.15) is 5.10 Å². The second-order valence-electron chi connectivity index (χ2n) is 5.57. The van der Waals surface area contributed by atoms with E-state index >= 15 is 0 Å². The first kappa shape index (κ1) is 17.5. The van der Waals surface area contributed by atoms with Crippen molar-refractivity contribution in [2.24, 2.45) is 0 Å². The summed E-state index contributed by atoms with van der Waals surface area (Å²) in [6.45, 7) is 2.64. The maximum absolute atomic E-state index is 10.1. The maximum atomic E-state index is 10.1. The quantitative estimate of drug-likeness (QED) is 0.730. The van der Waals surface area contributed by atoms with E-state index in [4.69, 9.17) is 9.47 Å². The van der Waals surface area contributed by atoms with Crippen molar-refractivity contribution in [2.75, 3.05) is 14.2 Å². The summed E-state index contributed by atoms with van der Waals surface area (Å²) in [6.07, 6.45) is 3.74. The number of hydrogen-bond acceptors (Lipinski definition) is 5. The van der Waals surface area contributed by atoms with Crippen LogP contribution >= 0.6 is 0 Å². The van der Waals surface area contributed by atoms with Crippen molar-refractivity contribution in [3.63, 3.8) is 0 Å². The van der Waals surface area contributed by atoms with Gasteiger partial charge in [0.2, 0.25) is 0 Å². The maximum Gasteiger partial charge on any atom is 0.174 e. The van der Waals surface area contributed by atoms with Crippen molar-refractivity contribution >= 4 is 12.2 Å². The molecule has 3 rings (SSSR count). The van der Waals surface area contributed by atoms with E-state index in [2.05, 4.69) is 10.1 Å². The molecule has 0 saturated heterocycles. The summed E-state index contributed by atoms with van der Waals surface area (Å²) in [6, 6.07) is 12.8. The molecule has 134 valence electrons. The third-order valence-corrected chi connectivity index (χ3v) is 3.97. The Morgan fingerprint density at radius 2 is 1.81 bits per heavy atom. The molecule has 6 nitrogen and oxygen atoms in total. The fourth-order valence-electron chi connectivity index (χ4n) is 2.64. The number of aromatic hydroxyl groups is 1. The van der Waals surface area contributed by atoms with Crippen molar-refractivity contribution in [2.45, 2.75) is 13.5 Å². The number of phenols is 1. The number of methoxy groups -OCH3 is 2. The Morgan fingerprint density at radius 3 is 2.50 bits per heavy atom. The first-order valence-corrected chi connectivity index (χ1v) is 8.29. The molecule has 0 atom stereocenters. The Kier molecular flexibility index (Phi) is 5.22. The molecule has 6 heteroatoms. The summed E-state index contributed by atoms with van der Waals surface area (Å²) >= 11 is 0. The van der Waals surface area contributed by atoms with E-state index in [-0.39, 0.29) is 5.75 Å². The predicted octanol–water partition coefficient (Wildman–Crippen LogP) is 3.86. The van der Waals surface area contributed by atoms with Crippen molar-refractivity contribution < 1.29 is 14.6 Å². The lowest BCUT2D eigenvalue weighted by Crippen LogP contribution is -1.99. The fraction of sp³-hybridized carbons (Fsp3) is 0.200. The molecule has 2 aromatic carbocycles. The highest BCUT2D eigenvalue weighted by Crippen LogP contribution is 2.29. The summed E-state index contributed by atoms with van der Waals surface area (Å²) < 4.78 is 12.3. The Hall–Kier alpha value is -3.28. The first-order valence-electron chi connectivity index (χ1n) is 8.29. The van der Waals surface area contributed by atoms with E-state index in [1.807, 2.05) is 49.4 Å². The van der Waals surface area contributed by atoms with Crippen LogP contribution in [-0.4, -0.2) is 34.1 Å². The van der Waals surface area contributed by atoms with Gasteiger partial charge in [-0.05, 0) is 42.8 Å². The third-order valence-electron chi connectivity index (χ3n) is 3.97. The highest BCUT2D eigenvalue weighted by molar-refractivity contribution is 5.70. The van der Waals surface area contributed by atoms with E-state index in [1.165, 1.54) is 0 Å². The summed E-state index contributed by atoms with van der Waals surface area (Å²) in [5.74, 6) is 2.74. The van der Waals surface area contributed by atoms with Gasteiger partial charge in [-0.3, -0.25) is 0 Å². The van der Waals surface area contributed by atoms with Gasteiger partial charge in [-0.1, -0.05) is 24.3 Å². The van der Waals surface area contributed by atoms with Crippen LogP contribution in [0.15, 0.2) is 42.5 Å². The third kappa shape index (κ3) is 3.54. The molecule has 0 amide bonds. The summed E-state index contributed by atoms with van der Waals surface area (Å²) in [7, 11) is 3.21. The van der Waals surface area contributed by atoms with Crippen LogP contribution in [-0.2, 0) is 6.54 Å². The van der Waals surface area contributed by atoms with E-state index in [9.17, 15) is 5.11 Å². The Bertz CT molecular complexity index is 932. The number of phenolic OH excluding ortho intramolecular Hbond substituents is 1. The second kappa shape index (κ2) is 7.74. The van der Waals surface area contributed by atoms with Gasteiger partial charge >= 0.3 is 0 Å². The van der Waals surface area contributed by atoms with Gasteiger partial charge in [0.25, 0.3) is 0 Å². The number of nitrogens with zero attached hydrogens (tertiary/aromatic N) is 3. The molecule has 0 aliphatic carbocycles. The molecule has 0 radical (unpaired) electrons. The molecule has 0 unspecified atom stereocenters. The van der Waals surface area contributed by atoms with E-state index in [1.54, 1.807) is 31.0 Å². The predicted molar refractivity (Wildman–Crippen MR) is 101 cm³/mol. The SMILES string of the molecule is CCn1nc(C=Cc2ccc(OC)c(OC)c2)nc1-c1ccccc1O. The monoisotopic (exact) mass is 351 g/mol. The minimum Gasteiger partial charge on any atom is -0.507 e. The zero-order valence-electron chi connectivity index (χ0n) is 15.0. The molecule has 1 aromatic heterocycles. The van der Waals surface area contributed by atoms with Crippen LogP contribution in [0.2, 0.25) is 0 Å². The van der Waals surface area contributed by atoms with Gasteiger partial charge in [0.05, 0.1) is 19.8 Å². The van der Waals surface area contributed by atoms with Crippen molar-refractivity contribution in [1.29, 1.82) is 0 Å². The lowest BCUT2D eigenvalue weighted by atomic mass is 10.2. The molecular formula is C20H21N3O3. The van der Waals surface area contributed by atoms with Crippen LogP contribution < -0.4 is 9.47 Å². The second-order valence-corrected chi connectivity index (χ2v) is 5.57. The number of aryl methyl sites for hydroxylation is 1. The molecule has 0 saturated carbocycles. The van der Waals surface area contributed by atoms with Gasteiger partial charge < -0.3 is 14.6 Å². The molecule has 0 fully saturated rings. The normalized spacial score (nSPS) is 11.0. The average Bonchev–Trinajstić information content (AvgIpc) is 3.09. The van der Waals surface area contributed by atoms with Crippen LogP contribution in [0.1, 0.15) is 18.3 Å². The average molecular weight is 351 g/mol. The zero-order valence-corrected chi connectivity index (χ0v) is 15.0. The molecule has 0 aliphatic rings. The number of para-hydroxylation sites is 1. The standard InChI is InChI=1S/C20H21N3O3/c1-4-23-20(15-7-5-6-8-16(15)24)21-19(22-23)12-10-14-9-11-17(25-2)18(13-14)26-3/h5-13,24H,4H2,1-3H3. The minimum atomic E-state index is 0.185. The van der Waals surface area contributed by atoms with Crippen LogP contribution in [0.3, 0.4) is 0 Å².